The number of carbonyl (C=O) groups excluding carboxylic acids is 1. The molecule has 11 heteroatoms. The highest BCUT2D eigenvalue weighted by Gasteiger charge is 2.25. The van der Waals surface area contributed by atoms with Crippen molar-refractivity contribution < 1.29 is 9.90 Å². The molecular formula is C14H21N7O4. The minimum atomic E-state index is -0.527. The van der Waals surface area contributed by atoms with E-state index < -0.39 is 22.8 Å². The monoisotopic (exact) mass is 351 g/mol. The van der Waals surface area contributed by atoms with E-state index in [1.165, 1.54) is 37.8 Å². The van der Waals surface area contributed by atoms with Crippen LogP contribution in [0.25, 0.3) is 0 Å². The number of aromatic hydroxyl groups is 1. The molecule has 4 N–H and O–H groups in total. The van der Waals surface area contributed by atoms with Crippen molar-refractivity contribution in [1.29, 1.82) is 0 Å². The first kappa shape index (κ1) is 18.1. The summed E-state index contributed by atoms with van der Waals surface area (Å²) >= 11 is 0. The third kappa shape index (κ3) is 3.20. The van der Waals surface area contributed by atoms with Crippen LogP contribution in [-0.2, 0) is 14.1 Å². The van der Waals surface area contributed by atoms with Gasteiger partial charge in [-0.25, -0.2) is 0 Å². The predicted octanol–water partition coefficient (Wildman–Crippen LogP) is -0.610. The lowest BCUT2D eigenvalue weighted by atomic mass is 10.3. The minimum Gasteiger partial charge on any atom is -0.503 e. The molecule has 0 aliphatic heterocycles. The highest BCUT2D eigenvalue weighted by Crippen LogP contribution is 2.30. The standard InChI is InChI=1S/C14H21N7O4/c1-6-15-7-8(13(24)21(5)18-12(7)23)16-11-10(22)9(20(4)17-11)14(25)19(2)3/h15,22H,6H2,1-5H3,(H,16,17)(H,18,23). The molecule has 11 nitrogen and oxygen atoms in total. The lowest BCUT2D eigenvalue weighted by Gasteiger charge is -2.12. The largest absolute Gasteiger partial charge is 0.503 e. The number of rotatable bonds is 5. The van der Waals surface area contributed by atoms with Gasteiger partial charge in [-0.2, -0.15) is 5.10 Å². The number of H-pyrrole nitrogens is 1. The topological polar surface area (TPSA) is 137 Å². The summed E-state index contributed by atoms with van der Waals surface area (Å²) in [6.07, 6.45) is 0. The first-order valence-corrected chi connectivity index (χ1v) is 7.50. The maximum atomic E-state index is 12.4. The van der Waals surface area contributed by atoms with Gasteiger partial charge < -0.3 is 20.6 Å². The Morgan fingerprint density at radius 3 is 2.48 bits per heavy atom. The molecule has 2 aromatic heterocycles. The molecule has 1 amide bonds. The van der Waals surface area contributed by atoms with Crippen LogP contribution in [0.5, 0.6) is 5.75 Å². The molecule has 0 atom stereocenters. The van der Waals surface area contributed by atoms with Crippen LogP contribution in [0.1, 0.15) is 17.4 Å². The number of nitrogens with zero attached hydrogens (tertiary/aromatic N) is 4. The van der Waals surface area contributed by atoms with E-state index in [-0.39, 0.29) is 22.9 Å². The number of nitrogens with one attached hydrogen (secondary N) is 3. The van der Waals surface area contributed by atoms with E-state index in [9.17, 15) is 19.5 Å². The maximum absolute atomic E-state index is 12.4. The number of amides is 1. The number of anilines is 3. The van der Waals surface area contributed by atoms with Crippen LogP contribution in [0.4, 0.5) is 17.2 Å². The van der Waals surface area contributed by atoms with Gasteiger partial charge in [0.25, 0.3) is 17.0 Å². The van der Waals surface area contributed by atoms with Crippen LogP contribution < -0.4 is 21.8 Å². The second-order valence-electron chi connectivity index (χ2n) is 5.58. The van der Waals surface area contributed by atoms with Crippen molar-refractivity contribution in [2.24, 2.45) is 14.1 Å². The summed E-state index contributed by atoms with van der Waals surface area (Å²) in [5, 5.41) is 22.2. The Morgan fingerprint density at radius 2 is 1.92 bits per heavy atom. The van der Waals surface area contributed by atoms with Gasteiger partial charge in [-0.1, -0.05) is 0 Å². The summed E-state index contributed by atoms with van der Waals surface area (Å²) in [6, 6.07) is 0. The molecule has 0 aliphatic carbocycles. The molecular weight excluding hydrogens is 330 g/mol. The van der Waals surface area contributed by atoms with Crippen LogP contribution in [0.3, 0.4) is 0 Å². The molecule has 0 aliphatic rings. The lowest BCUT2D eigenvalue weighted by molar-refractivity contribution is 0.0814. The zero-order valence-electron chi connectivity index (χ0n) is 14.7. The van der Waals surface area contributed by atoms with Crippen molar-refractivity contribution in [2.45, 2.75) is 6.92 Å². The highest BCUT2D eigenvalue weighted by molar-refractivity contribution is 5.97. The van der Waals surface area contributed by atoms with Crippen molar-refractivity contribution in [3.05, 3.63) is 26.4 Å². The van der Waals surface area contributed by atoms with Crippen LogP contribution in [0.2, 0.25) is 0 Å². The molecule has 136 valence electrons. The van der Waals surface area contributed by atoms with Gasteiger partial charge in [-0.3, -0.25) is 28.8 Å². The van der Waals surface area contributed by atoms with Gasteiger partial charge in [0.05, 0.1) is 0 Å². The van der Waals surface area contributed by atoms with Crippen molar-refractivity contribution in [2.75, 3.05) is 31.3 Å². The Balaban J connectivity index is 2.59. The molecule has 0 spiro atoms. The fraction of sp³-hybridized carbons (Fsp3) is 0.429. The van der Waals surface area contributed by atoms with Gasteiger partial charge in [0, 0.05) is 34.7 Å². The molecule has 0 saturated heterocycles. The molecule has 2 rings (SSSR count). The Morgan fingerprint density at radius 1 is 1.28 bits per heavy atom. The molecule has 25 heavy (non-hydrogen) atoms. The van der Waals surface area contributed by atoms with Crippen molar-refractivity contribution in [3.8, 4) is 5.75 Å². The Kier molecular flexibility index (Phi) is 4.86. The maximum Gasteiger partial charge on any atom is 0.290 e. The molecule has 0 aromatic carbocycles. The number of aromatic nitrogens is 4. The lowest BCUT2D eigenvalue weighted by Crippen LogP contribution is -2.31. The molecule has 2 heterocycles. The van der Waals surface area contributed by atoms with E-state index in [4.69, 9.17) is 0 Å². The minimum absolute atomic E-state index is 0.0242. The van der Waals surface area contributed by atoms with Crippen LogP contribution >= 0.6 is 0 Å². The molecule has 0 radical (unpaired) electrons. The summed E-state index contributed by atoms with van der Waals surface area (Å²) < 4.78 is 2.21. The first-order valence-electron chi connectivity index (χ1n) is 7.50. The van der Waals surface area contributed by atoms with Crippen LogP contribution in [0.15, 0.2) is 9.59 Å². The Labute approximate surface area is 142 Å². The molecule has 0 fully saturated rings. The van der Waals surface area contributed by atoms with Gasteiger partial charge in [0.1, 0.15) is 11.4 Å². The number of carbonyl (C=O) groups is 1. The van der Waals surface area contributed by atoms with Gasteiger partial charge >= 0.3 is 0 Å². The van der Waals surface area contributed by atoms with Crippen LogP contribution in [0, 0.1) is 0 Å². The van der Waals surface area contributed by atoms with E-state index in [2.05, 4.69) is 20.8 Å². The number of hydrogen-bond donors (Lipinski definition) is 4. The summed E-state index contributed by atoms with van der Waals surface area (Å²) in [6.45, 7) is 2.18. The third-order valence-electron chi connectivity index (χ3n) is 3.49. The second kappa shape index (κ2) is 6.71. The highest BCUT2D eigenvalue weighted by atomic mass is 16.3. The number of hydrogen-bond acceptors (Lipinski definition) is 7. The smallest absolute Gasteiger partial charge is 0.290 e. The summed E-state index contributed by atoms with van der Waals surface area (Å²) in [7, 11) is 5.96. The zero-order valence-corrected chi connectivity index (χ0v) is 14.7. The molecule has 2 aromatic rings. The summed E-state index contributed by atoms with van der Waals surface area (Å²) in [5.41, 5.74) is -1.13. The predicted molar refractivity (Wildman–Crippen MR) is 92.6 cm³/mol. The normalized spacial score (nSPS) is 10.6. The molecule has 0 bridgehead atoms. The first-order chi connectivity index (χ1) is 11.7. The molecule has 0 saturated carbocycles. The number of aromatic amines is 1. The molecule has 0 unspecified atom stereocenters. The van der Waals surface area contributed by atoms with Crippen molar-refractivity contribution in [3.63, 3.8) is 0 Å². The Hall–Kier alpha value is -3.24. The zero-order chi connectivity index (χ0) is 18.9. The summed E-state index contributed by atoms with van der Waals surface area (Å²) in [5.74, 6) is -0.966. The van der Waals surface area contributed by atoms with Gasteiger partial charge in [0.15, 0.2) is 17.3 Å². The fourth-order valence-corrected chi connectivity index (χ4v) is 2.28. The van der Waals surface area contributed by atoms with E-state index in [1.807, 2.05) is 0 Å². The fourth-order valence-electron chi connectivity index (χ4n) is 2.28. The van der Waals surface area contributed by atoms with Crippen molar-refractivity contribution in [1.82, 2.24) is 24.5 Å². The van der Waals surface area contributed by atoms with E-state index >= 15 is 0 Å². The summed E-state index contributed by atoms with van der Waals surface area (Å²) in [4.78, 5) is 37.9. The number of aryl methyl sites for hydroxylation is 2. The average Bonchev–Trinajstić information content (AvgIpc) is 2.81. The van der Waals surface area contributed by atoms with E-state index in [0.717, 1.165) is 4.68 Å². The van der Waals surface area contributed by atoms with Crippen molar-refractivity contribution >= 4 is 23.1 Å². The average molecular weight is 351 g/mol. The Bertz CT molecular complexity index is 922. The van der Waals surface area contributed by atoms with E-state index in [1.54, 1.807) is 6.92 Å². The van der Waals surface area contributed by atoms with Gasteiger partial charge in [0.2, 0.25) is 0 Å². The van der Waals surface area contributed by atoms with Gasteiger partial charge in [-0.05, 0) is 6.92 Å². The van der Waals surface area contributed by atoms with E-state index in [0.29, 0.717) is 6.54 Å². The second-order valence-corrected chi connectivity index (χ2v) is 5.58. The van der Waals surface area contributed by atoms with Crippen LogP contribution in [-0.4, -0.2) is 56.1 Å². The third-order valence-corrected chi connectivity index (χ3v) is 3.49. The SMILES string of the molecule is CCNc1c(Nc2nn(C)c(C(=O)N(C)C)c2O)c(=O)n(C)[nH]c1=O. The van der Waals surface area contributed by atoms with Gasteiger partial charge in [-0.15, -0.1) is 0 Å². The quantitative estimate of drug-likeness (QED) is 0.564.